The van der Waals surface area contributed by atoms with Crippen molar-refractivity contribution in [2.45, 2.75) is 53.0 Å². The zero-order valence-electron chi connectivity index (χ0n) is 11.6. The lowest BCUT2D eigenvalue weighted by Gasteiger charge is -2.31. The van der Waals surface area contributed by atoms with Gasteiger partial charge in [-0.05, 0) is 44.7 Å². The molecule has 100 valence electrons. The Hall–Kier alpha value is -0.610. The molecule has 1 fully saturated rings. The standard InChI is InChI=1S/C13H27N3O/c1-10(12(17)15-14)11(2)16-8-5-6-13(3,4)7-9-16/h10-11H,5-9,14H2,1-4H3,(H,15,17). The lowest BCUT2D eigenvalue weighted by Crippen LogP contribution is -2.46. The van der Waals surface area contributed by atoms with Crippen LogP contribution in [0.4, 0.5) is 0 Å². The summed E-state index contributed by atoms with van der Waals surface area (Å²) >= 11 is 0. The molecule has 1 rings (SSSR count). The van der Waals surface area contributed by atoms with Crippen LogP contribution >= 0.6 is 0 Å². The summed E-state index contributed by atoms with van der Waals surface area (Å²) in [6.45, 7) is 10.9. The third-order valence-electron chi connectivity index (χ3n) is 4.23. The molecule has 0 aromatic rings. The van der Waals surface area contributed by atoms with Crippen molar-refractivity contribution in [3.63, 3.8) is 0 Å². The minimum atomic E-state index is -0.0685. The fraction of sp³-hybridized carbons (Fsp3) is 0.923. The van der Waals surface area contributed by atoms with E-state index in [4.69, 9.17) is 5.84 Å². The fourth-order valence-corrected chi connectivity index (χ4v) is 2.52. The molecule has 0 spiro atoms. The Morgan fingerprint density at radius 3 is 2.53 bits per heavy atom. The van der Waals surface area contributed by atoms with Gasteiger partial charge < -0.3 is 0 Å². The van der Waals surface area contributed by atoms with Crippen molar-refractivity contribution >= 4 is 5.91 Å². The Morgan fingerprint density at radius 2 is 1.94 bits per heavy atom. The Labute approximate surface area is 105 Å². The zero-order valence-corrected chi connectivity index (χ0v) is 11.6. The third kappa shape index (κ3) is 3.96. The fourth-order valence-electron chi connectivity index (χ4n) is 2.52. The normalized spacial score (nSPS) is 24.8. The zero-order chi connectivity index (χ0) is 13.1. The predicted molar refractivity (Wildman–Crippen MR) is 70.2 cm³/mol. The predicted octanol–water partition coefficient (Wildman–Crippen LogP) is 1.51. The van der Waals surface area contributed by atoms with Crippen LogP contribution in [0, 0.1) is 11.3 Å². The second kappa shape index (κ2) is 5.83. The number of hydrogen-bond donors (Lipinski definition) is 2. The van der Waals surface area contributed by atoms with E-state index in [1.807, 2.05) is 6.92 Å². The van der Waals surface area contributed by atoms with Gasteiger partial charge >= 0.3 is 0 Å². The number of nitrogens with zero attached hydrogens (tertiary/aromatic N) is 1. The van der Waals surface area contributed by atoms with Gasteiger partial charge in [0.1, 0.15) is 0 Å². The summed E-state index contributed by atoms with van der Waals surface area (Å²) in [5.41, 5.74) is 2.69. The summed E-state index contributed by atoms with van der Waals surface area (Å²) in [5, 5.41) is 0. The third-order valence-corrected chi connectivity index (χ3v) is 4.23. The number of hydrazine groups is 1. The van der Waals surface area contributed by atoms with Crippen LogP contribution in [0.2, 0.25) is 0 Å². The highest BCUT2D eigenvalue weighted by Crippen LogP contribution is 2.31. The first-order valence-electron chi connectivity index (χ1n) is 6.62. The van der Waals surface area contributed by atoms with Gasteiger partial charge in [0, 0.05) is 6.04 Å². The maximum atomic E-state index is 11.5. The maximum absolute atomic E-state index is 11.5. The summed E-state index contributed by atoms with van der Waals surface area (Å²) in [6.07, 6.45) is 3.69. The molecule has 3 N–H and O–H groups in total. The van der Waals surface area contributed by atoms with Crippen LogP contribution < -0.4 is 11.3 Å². The van der Waals surface area contributed by atoms with E-state index in [1.54, 1.807) is 0 Å². The van der Waals surface area contributed by atoms with Gasteiger partial charge in [-0.25, -0.2) is 5.84 Å². The van der Waals surface area contributed by atoms with Gasteiger partial charge in [0.15, 0.2) is 0 Å². The molecule has 0 radical (unpaired) electrons. The van der Waals surface area contributed by atoms with Crippen molar-refractivity contribution in [2.75, 3.05) is 13.1 Å². The summed E-state index contributed by atoms with van der Waals surface area (Å²) in [6, 6.07) is 0.257. The number of nitrogens with two attached hydrogens (primary N) is 1. The molecule has 2 unspecified atom stereocenters. The van der Waals surface area contributed by atoms with Crippen molar-refractivity contribution < 1.29 is 4.79 Å². The Kier molecular flexibility index (Phi) is 4.95. The van der Waals surface area contributed by atoms with E-state index in [0.29, 0.717) is 5.41 Å². The molecule has 1 amide bonds. The van der Waals surface area contributed by atoms with Crippen molar-refractivity contribution in [3.05, 3.63) is 0 Å². The van der Waals surface area contributed by atoms with Gasteiger partial charge in [-0.3, -0.25) is 15.1 Å². The highest BCUT2D eigenvalue weighted by atomic mass is 16.2. The largest absolute Gasteiger partial charge is 0.300 e. The Bertz CT molecular complexity index is 265. The second-order valence-corrected chi connectivity index (χ2v) is 6.09. The van der Waals surface area contributed by atoms with Crippen LogP contribution in [0.5, 0.6) is 0 Å². The molecule has 4 heteroatoms. The Balaban J connectivity index is 2.58. The molecular weight excluding hydrogens is 214 g/mol. The maximum Gasteiger partial charge on any atom is 0.238 e. The van der Waals surface area contributed by atoms with Crippen LogP contribution in [-0.2, 0) is 4.79 Å². The summed E-state index contributed by atoms with van der Waals surface area (Å²) in [4.78, 5) is 14.0. The highest BCUT2D eigenvalue weighted by molar-refractivity contribution is 5.78. The lowest BCUT2D eigenvalue weighted by atomic mass is 9.85. The number of rotatable bonds is 3. The van der Waals surface area contributed by atoms with Crippen LogP contribution in [0.15, 0.2) is 0 Å². The van der Waals surface area contributed by atoms with Crippen LogP contribution in [-0.4, -0.2) is 29.9 Å². The van der Waals surface area contributed by atoms with Gasteiger partial charge in [-0.15, -0.1) is 0 Å². The van der Waals surface area contributed by atoms with Crippen LogP contribution in [0.25, 0.3) is 0 Å². The molecule has 0 aromatic heterocycles. The molecule has 1 aliphatic rings. The number of carbonyl (C=O) groups excluding carboxylic acids is 1. The first kappa shape index (κ1) is 14.5. The Morgan fingerprint density at radius 1 is 1.29 bits per heavy atom. The number of nitrogens with one attached hydrogen (secondary N) is 1. The van der Waals surface area contributed by atoms with E-state index in [9.17, 15) is 4.79 Å². The van der Waals surface area contributed by atoms with Gasteiger partial charge in [0.25, 0.3) is 0 Å². The smallest absolute Gasteiger partial charge is 0.238 e. The van der Waals surface area contributed by atoms with Crippen molar-refractivity contribution in [1.29, 1.82) is 0 Å². The van der Waals surface area contributed by atoms with E-state index in [0.717, 1.165) is 13.1 Å². The molecule has 1 heterocycles. The molecule has 1 saturated heterocycles. The molecular formula is C13H27N3O. The molecule has 17 heavy (non-hydrogen) atoms. The molecule has 0 aromatic carbocycles. The minimum Gasteiger partial charge on any atom is -0.300 e. The van der Waals surface area contributed by atoms with Crippen LogP contribution in [0.1, 0.15) is 47.0 Å². The van der Waals surface area contributed by atoms with E-state index in [-0.39, 0.29) is 17.9 Å². The molecule has 0 bridgehead atoms. The average molecular weight is 241 g/mol. The van der Waals surface area contributed by atoms with Crippen LogP contribution in [0.3, 0.4) is 0 Å². The lowest BCUT2D eigenvalue weighted by molar-refractivity contribution is -0.126. The highest BCUT2D eigenvalue weighted by Gasteiger charge is 2.29. The number of amides is 1. The SMILES string of the molecule is CC(C(=O)NN)C(C)N1CCCC(C)(C)CC1. The van der Waals surface area contributed by atoms with Crippen molar-refractivity contribution in [2.24, 2.45) is 17.2 Å². The van der Waals surface area contributed by atoms with E-state index in [1.165, 1.54) is 19.3 Å². The van der Waals surface area contributed by atoms with Gasteiger partial charge in [0.2, 0.25) is 5.91 Å². The summed E-state index contributed by atoms with van der Waals surface area (Å²) in [5.74, 6) is 5.07. The summed E-state index contributed by atoms with van der Waals surface area (Å²) in [7, 11) is 0. The van der Waals surface area contributed by atoms with Gasteiger partial charge in [-0.2, -0.15) is 0 Å². The van der Waals surface area contributed by atoms with Crippen molar-refractivity contribution in [3.8, 4) is 0 Å². The molecule has 1 aliphatic heterocycles. The molecule has 0 aliphatic carbocycles. The topological polar surface area (TPSA) is 58.4 Å². The minimum absolute atomic E-state index is 0.0544. The number of likely N-dealkylation sites (tertiary alicyclic amines) is 1. The van der Waals surface area contributed by atoms with E-state index < -0.39 is 0 Å². The quantitative estimate of drug-likeness (QED) is 0.447. The van der Waals surface area contributed by atoms with E-state index >= 15 is 0 Å². The molecule has 4 nitrogen and oxygen atoms in total. The average Bonchev–Trinajstić information content (AvgIpc) is 2.47. The molecule has 2 atom stereocenters. The van der Waals surface area contributed by atoms with Crippen molar-refractivity contribution in [1.82, 2.24) is 10.3 Å². The van der Waals surface area contributed by atoms with Gasteiger partial charge in [-0.1, -0.05) is 20.8 Å². The van der Waals surface area contributed by atoms with E-state index in [2.05, 4.69) is 31.1 Å². The first-order chi connectivity index (χ1) is 7.87. The molecule has 0 saturated carbocycles. The summed E-state index contributed by atoms with van der Waals surface area (Å²) < 4.78 is 0. The van der Waals surface area contributed by atoms with Gasteiger partial charge in [0.05, 0.1) is 5.92 Å². The first-order valence-corrected chi connectivity index (χ1v) is 6.62. The number of carbonyl (C=O) groups is 1. The second-order valence-electron chi connectivity index (χ2n) is 6.09. The number of hydrogen-bond acceptors (Lipinski definition) is 3. The monoisotopic (exact) mass is 241 g/mol.